The van der Waals surface area contributed by atoms with Crippen molar-refractivity contribution < 1.29 is 9.50 Å². The summed E-state index contributed by atoms with van der Waals surface area (Å²) in [5, 5.41) is 10.2. The minimum absolute atomic E-state index is 0.310. The fourth-order valence-corrected chi connectivity index (χ4v) is 2.44. The first-order valence-corrected chi connectivity index (χ1v) is 6.52. The third-order valence-corrected chi connectivity index (χ3v) is 3.24. The fourth-order valence-electron chi connectivity index (χ4n) is 1.93. The zero-order chi connectivity index (χ0) is 13.1. The summed E-state index contributed by atoms with van der Waals surface area (Å²) in [4.78, 5) is 4.01. The molecule has 1 atom stereocenters. The molecule has 1 unspecified atom stereocenters. The van der Waals surface area contributed by atoms with E-state index in [0.717, 1.165) is 17.8 Å². The molecule has 0 radical (unpaired) electrons. The molecule has 0 spiro atoms. The first-order valence-electron chi connectivity index (χ1n) is 5.73. The molecule has 0 bridgehead atoms. The molecule has 0 saturated carbocycles. The molecule has 2 aromatic rings. The number of halogens is 2. The first-order chi connectivity index (χ1) is 8.60. The molecule has 0 aliphatic rings. The Hall–Kier alpha value is -1.20. The Kier molecular flexibility index (Phi) is 4.14. The van der Waals surface area contributed by atoms with Crippen molar-refractivity contribution in [3.8, 4) is 0 Å². The highest BCUT2D eigenvalue weighted by atomic mass is 79.9. The number of aliphatic hydroxyl groups excluding tert-OH is 1. The predicted molar refractivity (Wildman–Crippen MR) is 70.7 cm³/mol. The van der Waals surface area contributed by atoms with E-state index in [9.17, 15) is 9.50 Å². The molecule has 0 fully saturated rings. The van der Waals surface area contributed by atoms with Crippen LogP contribution in [-0.2, 0) is 13.0 Å². The lowest BCUT2D eigenvalue weighted by molar-refractivity contribution is 0.169. The van der Waals surface area contributed by atoms with Crippen molar-refractivity contribution in [2.75, 3.05) is 0 Å². The van der Waals surface area contributed by atoms with E-state index < -0.39 is 6.10 Å². The van der Waals surface area contributed by atoms with Crippen LogP contribution in [0.15, 0.2) is 35.2 Å². The molecule has 1 heterocycles. The summed E-state index contributed by atoms with van der Waals surface area (Å²) in [6.45, 7) is 2.73. The minimum Gasteiger partial charge on any atom is -0.386 e. The molecule has 0 amide bonds. The summed E-state index contributed by atoms with van der Waals surface area (Å²) >= 11 is 3.24. The van der Waals surface area contributed by atoms with Gasteiger partial charge in [0.1, 0.15) is 5.82 Å². The molecule has 0 aliphatic heterocycles. The maximum Gasteiger partial charge on any atom is 0.124 e. The second-order valence-corrected chi connectivity index (χ2v) is 5.02. The Morgan fingerprint density at radius 2 is 2.22 bits per heavy atom. The van der Waals surface area contributed by atoms with Crippen molar-refractivity contribution in [1.29, 1.82) is 0 Å². The normalized spacial score (nSPS) is 12.7. The summed E-state index contributed by atoms with van der Waals surface area (Å²) in [5.41, 5.74) is 1.50. The third-order valence-electron chi connectivity index (χ3n) is 2.78. The van der Waals surface area contributed by atoms with Gasteiger partial charge in [-0.3, -0.25) is 0 Å². The average molecular weight is 313 g/mol. The van der Waals surface area contributed by atoms with Crippen LogP contribution in [0.2, 0.25) is 0 Å². The molecule has 3 nitrogen and oxygen atoms in total. The van der Waals surface area contributed by atoms with E-state index in [-0.39, 0.29) is 5.82 Å². The molecule has 5 heteroatoms. The van der Waals surface area contributed by atoms with Gasteiger partial charge >= 0.3 is 0 Å². The van der Waals surface area contributed by atoms with Crippen LogP contribution in [0.3, 0.4) is 0 Å². The summed E-state index contributed by atoms with van der Waals surface area (Å²) in [6, 6.07) is 4.63. The number of hydrogen-bond acceptors (Lipinski definition) is 2. The maximum atomic E-state index is 13.2. The molecule has 96 valence electrons. The summed E-state index contributed by atoms with van der Waals surface area (Å²) < 4.78 is 15.8. The van der Waals surface area contributed by atoms with Gasteiger partial charge in [-0.05, 0) is 30.7 Å². The topological polar surface area (TPSA) is 38.0 Å². The van der Waals surface area contributed by atoms with Crippen molar-refractivity contribution in [2.45, 2.75) is 26.0 Å². The van der Waals surface area contributed by atoms with Crippen LogP contribution in [-0.4, -0.2) is 14.7 Å². The average Bonchev–Trinajstić information content (AvgIpc) is 2.75. The van der Waals surface area contributed by atoms with Crippen LogP contribution in [0.25, 0.3) is 0 Å². The number of rotatable bonds is 4. The Morgan fingerprint density at radius 1 is 1.44 bits per heavy atom. The van der Waals surface area contributed by atoms with Gasteiger partial charge in [0.2, 0.25) is 0 Å². The van der Waals surface area contributed by atoms with Crippen molar-refractivity contribution in [3.63, 3.8) is 0 Å². The number of aromatic nitrogens is 2. The fraction of sp³-hybridized carbons (Fsp3) is 0.308. The molecule has 0 aliphatic carbocycles. The number of aliphatic hydroxyl groups is 1. The molecule has 1 aromatic heterocycles. The predicted octanol–water partition coefficient (Wildman–Crippen LogP) is 3.08. The molecular formula is C13H14BrFN2O. The van der Waals surface area contributed by atoms with Crippen LogP contribution in [0, 0.1) is 5.82 Å². The third kappa shape index (κ3) is 2.97. The van der Waals surface area contributed by atoms with E-state index in [0.29, 0.717) is 10.9 Å². The smallest absolute Gasteiger partial charge is 0.124 e. The largest absolute Gasteiger partial charge is 0.386 e. The highest BCUT2D eigenvalue weighted by Crippen LogP contribution is 2.21. The summed E-state index contributed by atoms with van der Waals surface area (Å²) in [6.07, 6.45) is 3.01. The molecule has 2 rings (SSSR count). The second kappa shape index (κ2) is 5.63. The van der Waals surface area contributed by atoms with E-state index in [1.54, 1.807) is 18.6 Å². The lowest BCUT2D eigenvalue weighted by atomic mass is 10.1. The van der Waals surface area contributed by atoms with Crippen LogP contribution in [0.4, 0.5) is 4.39 Å². The minimum atomic E-state index is -0.679. The number of aryl methyl sites for hydroxylation is 1. The van der Waals surface area contributed by atoms with Gasteiger partial charge in [-0.15, -0.1) is 0 Å². The van der Waals surface area contributed by atoms with Gasteiger partial charge in [-0.25, -0.2) is 9.37 Å². The van der Waals surface area contributed by atoms with Gasteiger partial charge < -0.3 is 9.67 Å². The van der Waals surface area contributed by atoms with Gasteiger partial charge in [-0.1, -0.05) is 15.9 Å². The lowest BCUT2D eigenvalue weighted by Gasteiger charge is -2.13. The molecular weight excluding hydrogens is 299 g/mol. The zero-order valence-corrected chi connectivity index (χ0v) is 11.6. The number of imidazole rings is 1. The van der Waals surface area contributed by atoms with Crippen molar-refractivity contribution in [1.82, 2.24) is 9.55 Å². The van der Waals surface area contributed by atoms with Crippen LogP contribution >= 0.6 is 15.9 Å². The standard InChI is InChI=1S/C13H14BrFN2O/c1-2-17-8-16-7-12(17)13(18)5-9-3-10(14)6-11(15)4-9/h3-4,6-8,13,18H,2,5H2,1H3. The highest BCUT2D eigenvalue weighted by Gasteiger charge is 2.13. The number of hydrogen-bond donors (Lipinski definition) is 1. The Bertz CT molecular complexity index is 521. The Morgan fingerprint density at radius 3 is 2.89 bits per heavy atom. The van der Waals surface area contributed by atoms with Crippen molar-refractivity contribution in [3.05, 3.63) is 52.3 Å². The van der Waals surface area contributed by atoms with E-state index in [1.165, 1.54) is 12.1 Å². The molecule has 1 aromatic carbocycles. The quantitative estimate of drug-likeness (QED) is 0.942. The Labute approximate surface area is 113 Å². The zero-order valence-electron chi connectivity index (χ0n) is 9.98. The second-order valence-electron chi connectivity index (χ2n) is 4.10. The summed E-state index contributed by atoms with van der Waals surface area (Å²) in [7, 11) is 0. The van der Waals surface area contributed by atoms with E-state index >= 15 is 0 Å². The van der Waals surface area contributed by atoms with E-state index in [2.05, 4.69) is 20.9 Å². The van der Waals surface area contributed by atoms with Gasteiger partial charge in [0, 0.05) is 17.4 Å². The van der Waals surface area contributed by atoms with Crippen LogP contribution in [0.1, 0.15) is 24.3 Å². The lowest BCUT2D eigenvalue weighted by Crippen LogP contribution is -2.08. The van der Waals surface area contributed by atoms with Crippen molar-refractivity contribution in [2.24, 2.45) is 0 Å². The van der Waals surface area contributed by atoms with Gasteiger partial charge in [-0.2, -0.15) is 0 Å². The molecule has 18 heavy (non-hydrogen) atoms. The number of nitrogens with zero attached hydrogens (tertiary/aromatic N) is 2. The van der Waals surface area contributed by atoms with Crippen molar-refractivity contribution >= 4 is 15.9 Å². The highest BCUT2D eigenvalue weighted by molar-refractivity contribution is 9.10. The van der Waals surface area contributed by atoms with Crippen LogP contribution < -0.4 is 0 Å². The maximum absolute atomic E-state index is 13.2. The van der Waals surface area contributed by atoms with Gasteiger partial charge in [0.25, 0.3) is 0 Å². The van der Waals surface area contributed by atoms with E-state index in [1.807, 2.05) is 11.5 Å². The first kappa shape index (κ1) is 13.2. The molecule has 1 N–H and O–H groups in total. The molecule has 0 saturated heterocycles. The van der Waals surface area contributed by atoms with E-state index in [4.69, 9.17) is 0 Å². The SMILES string of the molecule is CCn1cncc1C(O)Cc1cc(F)cc(Br)c1. The van der Waals surface area contributed by atoms with Gasteiger partial charge in [0.05, 0.1) is 24.3 Å². The summed E-state index contributed by atoms with van der Waals surface area (Å²) in [5.74, 6) is -0.310. The number of benzene rings is 1. The Balaban J connectivity index is 2.18. The van der Waals surface area contributed by atoms with Crippen LogP contribution in [0.5, 0.6) is 0 Å². The van der Waals surface area contributed by atoms with Gasteiger partial charge in [0.15, 0.2) is 0 Å². The monoisotopic (exact) mass is 312 g/mol.